The summed E-state index contributed by atoms with van der Waals surface area (Å²) >= 11 is 6.02. The van der Waals surface area contributed by atoms with Crippen LogP contribution in [0.15, 0.2) is 30.6 Å². The van der Waals surface area contributed by atoms with Gasteiger partial charge in [0, 0.05) is 31.4 Å². The number of hydrogen-bond acceptors (Lipinski definition) is 6. The van der Waals surface area contributed by atoms with Crippen LogP contribution in [0.3, 0.4) is 0 Å². The van der Waals surface area contributed by atoms with Crippen LogP contribution in [0.4, 0.5) is 17.3 Å². The number of benzene rings is 1. The zero-order chi connectivity index (χ0) is 15.8. The van der Waals surface area contributed by atoms with E-state index in [0.29, 0.717) is 23.2 Å². The highest BCUT2D eigenvalue weighted by Gasteiger charge is 2.06. The number of rotatable bonds is 8. The molecule has 0 aliphatic heterocycles. The highest BCUT2D eigenvalue weighted by molar-refractivity contribution is 6.31. The molecule has 0 saturated heterocycles. The molecule has 2 rings (SSSR count). The van der Waals surface area contributed by atoms with Crippen molar-refractivity contribution < 1.29 is 9.47 Å². The van der Waals surface area contributed by atoms with E-state index in [2.05, 4.69) is 20.6 Å². The maximum Gasteiger partial charge on any atom is 0.142 e. The van der Waals surface area contributed by atoms with E-state index in [9.17, 15) is 0 Å². The number of nitrogens with one attached hydrogen (secondary N) is 2. The van der Waals surface area contributed by atoms with Crippen molar-refractivity contribution in [1.29, 1.82) is 0 Å². The zero-order valence-electron chi connectivity index (χ0n) is 12.6. The van der Waals surface area contributed by atoms with E-state index in [1.54, 1.807) is 32.4 Å². The number of anilines is 3. The van der Waals surface area contributed by atoms with E-state index < -0.39 is 0 Å². The maximum atomic E-state index is 6.02. The van der Waals surface area contributed by atoms with Crippen LogP contribution in [-0.4, -0.2) is 37.3 Å². The third-order valence-electron chi connectivity index (χ3n) is 2.92. The van der Waals surface area contributed by atoms with E-state index in [-0.39, 0.29) is 0 Å². The van der Waals surface area contributed by atoms with Gasteiger partial charge in [0.1, 0.15) is 23.7 Å². The van der Waals surface area contributed by atoms with Crippen LogP contribution in [0.25, 0.3) is 0 Å². The first-order chi connectivity index (χ1) is 10.7. The fourth-order valence-electron chi connectivity index (χ4n) is 1.87. The quantitative estimate of drug-likeness (QED) is 0.727. The lowest BCUT2D eigenvalue weighted by Gasteiger charge is -2.12. The van der Waals surface area contributed by atoms with Gasteiger partial charge in [-0.25, -0.2) is 9.97 Å². The van der Waals surface area contributed by atoms with E-state index in [0.717, 1.165) is 24.5 Å². The van der Waals surface area contributed by atoms with Crippen LogP contribution in [0.5, 0.6) is 5.75 Å². The molecule has 0 aliphatic carbocycles. The van der Waals surface area contributed by atoms with Crippen molar-refractivity contribution >= 4 is 28.9 Å². The number of nitrogens with zero attached hydrogens (tertiary/aromatic N) is 2. The summed E-state index contributed by atoms with van der Waals surface area (Å²) < 4.78 is 10.3. The third-order valence-corrected chi connectivity index (χ3v) is 3.16. The summed E-state index contributed by atoms with van der Waals surface area (Å²) in [6.07, 6.45) is 2.41. The van der Waals surface area contributed by atoms with Crippen LogP contribution < -0.4 is 15.4 Å². The molecule has 0 fully saturated rings. The molecule has 0 spiro atoms. The fraction of sp³-hybridized carbons (Fsp3) is 0.333. The van der Waals surface area contributed by atoms with Gasteiger partial charge in [0.2, 0.25) is 0 Å². The predicted octanol–water partition coefficient (Wildman–Crippen LogP) is 3.33. The molecule has 0 amide bonds. The Morgan fingerprint density at radius 2 is 1.95 bits per heavy atom. The van der Waals surface area contributed by atoms with Crippen molar-refractivity contribution in [3.8, 4) is 5.75 Å². The highest BCUT2D eigenvalue weighted by Crippen LogP contribution is 2.30. The molecule has 1 aromatic carbocycles. The van der Waals surface area contributed by atoms with Crippen molar-refractivity contribution in [2.45, 2.75) is 6.42 Å². The van der Waals surface area contributed by atoms with Gasteiger partial charge in [-0.15, -0.1) is 0 Å². The third kappa shape index (κ3) is 4.75. The predicted molar refractivity (Wildman–Crippen MR) is 88.3 cm³/mol. The van der Waals surface area contributed by atoms with Crippen molar-refractivity contribution in [1.82, 2.24) is 9.97 Å². The summed E-state index contributed by atoms with van der Waals surface area (Å²) in [5.74, 6) is 2.09. The minimum atomic E-state index is 0.621. The first-order valence-electron chi connectivity index (χ1n) is 6.88. The Labute approximate surface area is 134 Å². The molecular weight excluding hydrogens is 304 g/mol. The minimum absolute atomic E-state index is 0.621. The number of hydrogen-bond donors (Lipinski definition) is 2. The average Bonchev–Trinajstić information content (AvgIpc) is 2.52. The van der Waals surface area contributed by atoms with Gasteiger partial charge in [0.15, 0.2) is 0 Å². The monoisotopic (exact) mass is 322 g/mol. The second-order valence-electron chi connectivity index (χ2n) is 4.53. The number of halogens is 1. The standard InChI is InChI=1S/C15H19ClN4O2/c1-21-7-3-6-17-14-9-15(19-10-18-14)20-12-8-11(16)4-5-13(12)22-2/h4-5,8-10H,3,6-7H2,1-2H3,(H2,17,18,19,20). The lowest BCUT2D eigenvalue weighted by Crippen LogP contribution is -2.07. The highest BCUT2D eigenvalue weighted by atomic mass is 35.5. The molecule has 7 heteroatoms. The van der Waals surface area contributed by atoms with Gasteiger partial charge < -0.3 is 20.1 Å². The Bertz CT molecular complexity index is 610. The first-order valence-corrected chi connectivity index (χ1v) is 7.26. The van der Waals surface area contributed by atoms with Crippen molar-refractivity contribution in [2.24, 2.45) is 0 Å². The molecule has 1 aromatic heterocycles. The van der Waals surface area contributed by atoms with Crippen LogP contribution in [-0.2, 0) is 4.74 Å². The smallest absolute Gasteiger partial charge is 0.142 e. The van der Waals surface area contributed by atoms with E-state index >= 15 is 0 Å². The van der Waals surface area contributed by atoms with Crippen LogP contribution in [0.2, 0.25) is 5.02 Å². The Balaban J connectivity index is 2.05. The second-order valence-corrected chi connectivity index (χ2v) is 4.97. The van der Waals surface area contributed by atoms with Crippen LogP contribution in [0, 0.1) is 0 Å². The topological polar surface area (TPSA) is 68.3 Å². The molecule has 118 valence electrons. The SMILES string of the molecule is COCCCNc1cc(Nc2cc(Cl)ccc2OC)ncn1. The van der Waals surface area contributed by atoms with Gasteiger partial charge in [-0.2, -0.15) is 0 Å². The normalized spacial score (nSPS) is 10.3. The van der Waals surface area contributed by atoms with Crippen LogP contribution >= 0.6 is 11.6 Å². The van der Waals surface area contributed by atoms with Gasteiger partial charge in [0.25, 0.3) is 0 Å². The lowest BCUT2D eigenvalue weighted by atomic mass is 10.3. The summed E-state index contributed by atoms with van der Waals surface area (Å²) in [5.41, 5.74) is 0.749. The molecule has 0 radical (unpaired) electrons. The minimum Gasteiger partial charge on any atom is -0.495 e. The Kier molecular flexibility index (Phi) is 6.24. The molecule has 6 nitrogen and oxygen atoms in total. The Morgan fingerprint density at radius 1 is 1.14 bits per heavy atom. The van der Waals surface area contributed by atoms with Crippen molar-refractivity contribution in [3.63, 3.8) is 0 Å². The maximum absolute atomic E-state index is 6.02. The molecule has 22 heavy (non-hydrogen) atoms. The number of aromatic nitrogens is 2. The average molecular weight is 323 g/mol. The van der Waals surface area contributed by atoms with Crippen LogP contribution in [0.1, 0.15) is 6.42 Å². The molecule has 0 aliphatic rings. The first kappa shape index (κ1) is 16.3. The second kappa shape index (κ2) is 8.41. The number of methoxy groups -OCH3 is 2. The Hall–Kier alpha value is -2.05. The zero-order valence-corrected chi connectivity index (χ0v) is 13.4. The molecule has 0 unspecified atom stereocenters. The summed E-state index contributed by atoms with van der Waals surface area (Å²) in [5, 5.41) is 7.02. The Morgan fingerprint density at radius 3 is 2.73 bits per heavy atom. The van der Waals surface area contributed by atoms with Gasteiger partial charge in [0.05, 0.1) is 12.8 Å². The van der Waals surface area contributed by atoms with E-state index in [4.69, 9.17) is 21.1 Å². The molecule has 2 N–H and O–H groups in total. The summed E-state index contributed by atoms with van der Waals surface area (Å²) in [4.78, 5) is 8.38. The number of ether oxygens (including phenoxy) is 2. The molecular formula is C15H19ClN4O2. The fourth-order valence-corrected chi connectivity index (χ4v) is 2.04. The largest absolute Gasteiger partial charge is 0.495 e. The van der Waals surface area contributed by atoms with Gasteiger partial charge in [-0.1, -0.05) is 11.6 Å². The van der Waals surface area contributed by atoms with Crippen molar-refractivity contribution in [3.05, 3.63) is 35.6 Å². The van der Waals surface area contributed by atoms with Gasteiger partial charge in [-0.05, 0) is 24.6 Å². The van der Waals surface area contributed by atoms with Gasteiger partial charge >= 0.3 is 0 Å². The van der Waals surface area contributed by atoms with Gasteiger partial charge in [-0.3, -0.25) is 0 Å². The summed E-state index contributed by atoms with van der Waals surface area (Å²) in [7, 11) is 3.29. The lowest BCUT2D eigenvalue weighted by molar-refractivity contribution is 0.198. The van der Waals surface area contributed by atoms with E-state index in [1.807, 2.05) is 6.07 Å². The molecule has 0 bridgehead atoms. The molecule has 0 atom stereocenters. The van der Waals surface area contributed by atoms with E-state index in [1.165, 1.54) is 6.33 Å². The molecule has 0 saturated carbocycles. The molecule has 2 aromatic rings. The summed E-state index contributed by atoms with van der Waals surface area (Å²) in [6.45, 7) is 1.49. The van der Waals surface area contributed by atoms with Crippen molar-refractivity contribution in [2.75, 3.05) is 38.0 Å². The molecule has 1 heterocycles. The summed E-state index contributed by atoms with van der Waals surface area (Å²) in [6, 6.07) is 7.19.